The molecule has 0 fully saturated rings. The lowest BCUT2D eigenvalue weighted by molar-refractivity contribution is -0.150. The highest BCUT2D eigenvalue weighted by molar-refractivity contribution is 5.71. The first-order chi connectivity index (χ1) is 7.68. The summed E-state index contributed by atoms with van der Waals surface area (Å²) < 4.78 is 7.22. The van der Waals surface area contributed by atoms with Gasteiger partial charge in [-0.1, -0.05) is 0 Å². The summed E-state index contributed by atoms with van der Waals surface area (Å²) in [4.78, 5) is 10.6. The summed E-state index contributed by atoms with van der Waals surface area (Å²) in [7, 11) is 0. The summed E-state index contributed by atoms with van der Waals surface area (Å²) in [6.45, 7) is 2.62. The van der Waals surface area contributed by atoms with E-state index in [1.165, 1.54) is 6.92 Å². The molecule has 1 aliphatic heterocycles. The van der Waals surface area contributed by atoms with Crippen LogP contribution in [0.2, 0.25) is 0 Å². The molecule has 1 atom stereocenters. The molecule has 2 rings (SSSR count). The summed E-state index contributed by atoms with van der Waals surface area (Å²) in [5.41, 5.74) is 0. The minimum Gasteiger partial charge on any atom is -0.479 e. The van der Waals surface area contributed by atoms with Gasteiger partial charge in [0.2, 0.25) is 0 Å². The Morgan fingerprint density at radius 2 is 2.38 bits per heavy atom. The summed E-state index contributed by atoms with van der Waals surface area (Å²) >= 11 is 0. The average molecular weight is 225 g/mol. The number of carboxylic acid groups (broad SMARTS) is 1. The largest absolute Gasteiger partial charge is 0.479 e. The van der Waals surface area contributed by atoms with E-state index in [9.17, 15) is 4.79 Å². The molecule has 0 bridgehead atoms. The first kappa shape index (κ1) is 11.1. The topological polar surface area (TPSA) is 77.2 Å². The van der Waals surface area contributed by atoms with Gasteiger partial charge >= 0.3 is 5.97 Å². The van der Waals surface area contributed by atoms with Crippen LogP contribution in [0.4, 0.5) is 0 Å². The average Bonchev–Trinajstić information content (AvgIpc) is 2.69. The van der Waals surface area contributed by atoms with Crippen molar-refractivity contribution in [3.05, 3.63) is 11.6 Å². The third-order valence-electron chi connectivity index (χ3n) is 2.75. The second-order valence-electron chi connectivity index (χ2n) is 3.93. The standard InChI is InChI=1S/C10H15N3O3/c1-7(10(14)15)16-6-9-12-11-8-4-2-3-5-13(8)9/h7H,2-6H2,1H3,(H,14,15). The Balaban J connectivity index is 1.99. The molecule has 1 aliphatic rings. The zero-order valence-corrected chi connectivity index (χ0v) is 9.22. The molecule has 2 heterocycles. The fourth-order valence-corrected chi connectivity index (χ4v) is 1.75. The molecule has 0 aliphatic carbocycles. The van der Waals surface area contributed by atoms with Gasteiger partial charge in [-0.15, -0.1) is 10.2 Å². The van der Waals surface area contributed by atoms with Gasteiger partial charge in [0, 0.05) is 13.0 Å². The van der Waals surface area contributed by atoms with Gasteiger partial charge in [-0.05, 0) is 19.8 Å². The summed E-state index contributed by atoms with van der Waals surface area (Å²) in [5.74, 6) is 0.744. The van der Waals surface area contributed by atoms with Crippen molar-refractivity contribution in [2.45, 2.75) is 45.4 Å². The van der Waals surface area contributed by atoms with E-state index in [0.29, 0.717) is 0 Å². The van der Waals surface area contributed by atoms with E-state index >= 15 is 0 Å². The smallest absolute Gasteiger partial charge is 0.332 e. The van der Waals surface area contributed by atoms with E-state index < -0.39 is 12.1 Å². The molecule has 0 radical (unpaired) electrons. The number of aryl methyl sites for hydroxylation is 1. The van der Waals surface area contributed by atoms with Crippen LogP contribution in [-0.2, 0) is 29.1 Å². The third kappa shape index (κ3) is 2.21. The SMILES string of the molecule is CC(OCc1nnc2n1CCCC2)C(=O)O. The second kappa shape index (κ2) is 4.61. The zero-order chi connectivity index (χ0) is 11.5. The van der Waals surface area contributed by atoms with E-state index in [0.717, 1.165) is 37.5 Å². The zero-order valence-electron chi connectivity index (χ0n) is 9.22. The fourth-order valence-electron chi connectivity index (χ4n) is 1.75. The van der Waals surface area contributed by atoms with Crippen LogP contribution in [0.5, 0.6) is 0 Å². The van der Waals surface area contributed by atoms with Gasteiger partial charge in [-0.2, -0.15) is 0 Å². The third-order valence-corrected chi connectivity index (χ3v) is 2.75. The molecule has 1 N–H and O–H groups in total. The van der Waals surface area contributed by atoms with Crippen molar-refractivity contribution in [1.82, 2.24) is 14.8 Å². The van der Waals surface area contributed by atoms with Crippen LogP contribution in [0.3, 0.4) is 0 Å². The lowest BCUT2D eigenvalue weighted by Crippen LogP contribution is -2.21. The molecule has 88 valence electrons. The highest BCUT2D eigenvalue weighted by Crippen LogP contribution is 2.14. The number of nitrogens with zero attached hydrogens (tertiary/aromatic N) is 3. The maximum absolute atomic E-state index is 10.6. The quantitative estimate of drug-likeness (QED) is 0.812. The number of hydrogen-bond acceptors (Lipinski definition) is 4. The molecule has 0 aromatic carbocycles. The first-order valence-electron chi connectivity index (χ1n) is 5.44. The molecular formula is C10H15N3O3. The molecule has 0 saturated heterocycles. The number of rotatable bonds is 4. The van der Waals surface area contributed by atoms with Gasteiger partial charge in [0.1, 0.15) is 12.4 Å². The van der Waals surface area contributed by atoms with Gasteiger partial charge in [0.15, 0.2) is 11.9 Å². The van der Waals surface area contributed by atoms with Gasteiger partial charge in [-0.3, -0.25) is 0 Å². The van der Waals surface area contributed by atoms with E-state index in [2.05, 4.69) is 10.2 Å². The summed E-state index contributed by atoms with van der Waals surface area (Å²) in [6.07, 6.45) is 2.40. The monoisotopic (exact) mass is 225 g/mol. The Hall–Kier alpha value is -1.43. The number of hydrogen-bond donors (Lipinski definition) is 1. The first-order valence-corrected chi connectivity index (χ1v) is 5.44. The number of carboxylic acids is 1. The van der Waals surface area contributed by atoms with E-state index in [4.69, 9.17) is 9.84 Å². The van der Waals surface area contributed by atoms with E-state index in [-0.39, 0.29) is 6.61 Å². The molecule has 1 unspecified atom stereocenters. The molecular weight excluding hydrogens is 210 g/mol. The maximum atomic E-state index is 10.6. The van der Waals surface area contributed by atoms with Gasteiger partial charge in [0.05, 0.1) is 0 Å². The number of aliphatic carboxylic acids is 1. The number of ether oxygens (including phenoxy) is 1. The molecule has 6 nitrogen and oxygen atoms in total. The minimum atomic E-state index is -0.960. The van der Waals surface area contributed by atoms with E-state index in [1.54, 1.807) is 0 Å². The van der Waals surface area contributed by atoms with Crippen molar-refractivity contribution in [3.63, 3.8) is 0 Å². The van der Waals surface area contributed by atoms with Gasteiger partial charge in [-0.25, -0.2) is 4.79 Å². The minimum absolute atomic E-state index is 0.209. The van der Waals surface area contributed by atoms with Crippen molar-refractivity contribution >= 4 is 5.97 Å². The molecule has 16 heavy (non-hydrogen) atoms. The van der Waals surface area contributed by atoms with E-state index in [1.807, 2.05) is 4.57 Å². The summed E-state index contributed by atoms with van der Waals surface area (Å²) in [6, 6.07) is 0. The van der Waals surface area contributed by atoms with Crippen molar-refractivity contribution in [3.8, 4) is 0 Å². The van der Waals surface area contributed by atoms with Crippen LogP contribution < -0.4 is 0 Å². The second-order valence-corrected chi connectivity index (χ2v) is 3.93. The Labute approximate surface area is 93.2 Å². The van der Waals surface area contributed by atoms with Gasteiger partial charge in [0.25, 0.3) is 0 Å². The molecule has 1 aromatic heterocycles. The van der Waals surface area contributed by atoms with Crippen LogP contribution in [-0.4, -0.2) is 31.9 Å². The normalized spacial score (nSPS) is 16.8. The van der Waals surface area contributed by atoms with Crippen molar-refractivity contribution < 1.29 is 14.6 Å². The highest BCUT2D eigenvalue weighted by Gasteiger charge is 2.17. The van der Waals surface area contributed by atoms with Crippen molar-refractivity contribution in [2.24, 2.45) is 0 Å². The Kier molecular flexibility index (Phi) is 3.19. The number of aromatic nitrogens is 3. The Morgan fingerprint density at radius 3 is 3.12 bits per heavy atom. The van der Waals surface area contributed by atoms with Gasteiger partial charge < -0.3 is 14.4 Å². The number of carbonyl (C=O) groups is 1. The van der Waals surface area contributed by atoms with Crippen LogP contribution in [0.1, 0.15) is 31.4 Å². The predicted octanol–water partition coefficient (Wildman–Crippen LogP) is 0.604. The van der Waals surface area contributed by atoms with Crippen LogP contribution >= 0.6 is 0 Å². The predicted molar refractivity (Wildman–Crippen MR) is 54.8 cm³/mol. The van der Waals surface area contributed by atoms with Crippen LogP contribution in [0.25, 0.3) is 0 Å². The molecule has 0 saturated carbocycles. The lowest BCUT2D eigenvalue weighted by atomic mass is 10.2. The summed E-state index contributed by atoms with van der Waals surface area (Å²) in [5, 5.41) is 16.8. The molecule has 1 aromatic rings. The Bertz CT molecular complexity index is 389. The lowest BCUT2D eigenvalue weighted by Gasteiger charge is -2.15. The van der Waals surface area contributed by atoms with Crippen molar-refractivity contribution in [2.75, 3.05) is 0 Å². The maximum Gasteiger partial charge on any atom is 0.332 e. The fraction of sp³-hybridized carbons (Fsp3) is 0.700. The number of fused-ring (bicyclic) bond motifs is 1. The van der Waals surface area contributed by atoms with Crippen LogP contribution in [0, 0.1) is 0 Å². The molecule has 0 spiro atoms. The van der Waals surface area contributed by atoms with Crippen molar-refractivity contribution in [1.29, 1.82) is 0 Å². The molecule has 0 amide bonds. The molecule has 6 heteroatoms. The van der Waals surface area contributed by atoms with Crippen LogP contribution in [0.15, 0.2) is 0 Å². The Morgan fingerprint density at radius 1 is 1.56 bits per heavy atom. The highest BCUT2D eigenvalue weighted by atomic mass is 16.5.